The highest BCUT2D eigenvalue weighted by Crippen LogP contribution is 2.22. The molecule has 0 aliphatic heterocycles. The Balaban J connectivity index is 2.18. The second kappa shape index (κ2) is 4.20. The number of nitrogens with one attached hydrogen (secondary N) is 1. The fourth-order valence-electron chi connectivity index (χ4n) is 1.12. The van der Waals surface area contributed by atoms with E-state index in [-0.39, 0.29) is 5.91 Å². The van der Waals surface area contributed by atoms with Crippen LogP contribution < -0.4 is 5.32 Å². The summed E-state index contributed by atoms with van der Waals surface area (Å²) < 4.78 is 5.72. The summed E-state index contributed by atoms with van der Waals surface area (Å²) in [5.41, 5.74) is 1.88. The lowest BCUT2D eigenvalue weighted by molar-refractivity contribution is 0.0995. The second-order valence-corrected chi connectivity index (χ2v) is 4.62. The van der Waals surface area contributed by atoms with Gasteiger partial charge in [0.05, 0.1) is 16.4 Å². The predicted octanol–water partition coefficient (Wildman–Crippen LogP) is 3.66. The molecule has 0 bridgehead atoms. The zero-order chi connectivity index (χ0) is 10.8. The molecule has 2 rings (SSSR count). The average Bonchev–Trinajstić information content (AvgIpc) is 2.76. The Kier molecular flexibility index (Phi) is 2.93. The average molecular weight is 286 g/mol. The van der Waals surface area contributed by atoms with Gasteiger partial charge in [0.2, 0.25) is 5.76 Å². The Morgan fingerprint density at radius 1 is 1.53 bits per heavy atom. The summed E-state index contributed by atoms with van der Waals surface area (Å²) in [5, 5.41) is 6.65. The van der Waals surface area contributed by atoms with Gasteiger partial charge < -0.3 is 9.73 Å². The van der Waals surface area contributed by atoms with Crippen molar-refractivity contribution in [1.29, 1.82) is 0 Å². The number of hydrogen-bond donors (Lipinski definition) is 1. The fourth-order valence-corrected chi connectivity index (χ4v) is 2.28. The van der Waals surface area contributed by atoms with Crippen LogP contribution in [0.2, 0.25) is 0 Å². The van der Waals surface area contributed by atoms with Gasteiger partial charge in [0.15, 0.2) is 0 Å². The largest absolute Gasteiger partial charge is 0.458 e. The topological polar surface area (TPSA) is 42.2 Å². The van der Waals surface area contributed by atoms with Crippen molar-refractivity contribution >= 4 is 38.9 Å². The molecule has 15 heavy (non-hydrogen) atoms. The van der Waals surface area contributed by atoms with Gasteiger partial charge in [-0.2, -0.15) is 0 Å². The van der Waals surface area contributed by atoms with E-state index in [1.807, 2.05) is 17.7 Å². The van der Waals surface area contributed by atoms with E-state index in [4.69, 9.17) is 4.42 Å². The molecule has 0 unspecified atom stereocenters. The Hall–Kier alpha value is -1.07. The van der Waals surface area contributed by atoms with Crippen LogP contribution in [0.3, 0.4) is 0 Å². The lowest BCUT2D eigenvalue weighted by atomic mass is 10.3. The minimum Gasteiger partial charge on any atom is -0.458 e. The van der Waals surface area contributed by atoms with Crippen molar-refractivity contribution in [3.8, 4) is 0 Å². The molecule has 3 nitrogen and oxygen atoms in total. The SMILES string of the molecule is Cc1cscc1NC(=O)c1occc1Br. The molecule has 78 valence electrons. The predicted molar refractivity (Wildman–Crippen MR) is 63.4 cm³/mol. The number of halogens is 1. The van der Waals surface area contributed by atoms with E-state index in [9.17, 15) is 4.79 Å². The third-order valence-corrected chi connectivity index (χ3v) is 3.41. The van der Waals surface area contributed by atoms with E-state index in [1.54, 1.807) is 17.4 Å². The highest BCUT2D eigenvalue weighted by atomic mass is 79.9. The molecular weight excluding hydrogens is 278 g/mol. The molecule has 0 spiro atoms. The van der Waals surface area contributed by atoms with E-state index in [0.29, 0.717) is 10.2 Å². The van der Waals surface area contributed by atoms with E-state index >= 15 is 0 Å². The van der Waals surface area contributed by atoms with Crippen LogP contribution in [0.4, 0.5) is 5.69 Å². The third kappa shape index (κ3) is 2.13. The lowest BCUT2D eigenvalue weighted by Gasteiger charge is -2.01. The number of amides is 1. The van der Waals surface area contributed by atoms with E-state index < -0.39 is 0 Å². The summed E-state index contributed by atoms with van der Waals surface area (Å²) >= 11 is 4.79. The zero-order valence-electron chi connectivity index (χ0n) is 7.91. The normalized spacial score (nSPS) is 10.3. The van der Waals surface area contributed by atoms with Gasteiger partial charge >= 0.3 is 0 Å². The highest BCUT2D eigenvalue weighted by Gasteiger charge is 2.14. The summed E-state index contributed by atoms with van der Waals surface area (Å²) in [4.78, 5) is 11.7. The highest BCUT2D eigenvalue weighted by molar-refractivity contribution is 9.10. The summed E-state index contributed by atoms with van der Waals surface area (Å²) in [6, 6.07) is 1.69. The van der Waals surface area contributed by atoms with E-state index in [0.717, 1.165) is 11.3 Å². The molecule has 0 saturated carbocycles. The number of anilines is 1. The summed E-state index contributed by atoms with van der Waals surface area (Å²) in [6.45, 7) is 1.95. The van der Waals surface area contributed by atoms with Gasteiger partial charge in [-0.15, -0.1) is 11.3 Å². The Morgan fingerprint density at radius 2 is 2.33 bits per heavy atom. The number of thiophene rings is 1. The maximum atomic E-state index is 11.7. The zero-order valence-corrected chi connectivity index (χ0v) is 10.3. The van der Waals surface area contributed by atoms with Crippen LogP contribution in [-0.4, -0.2) is 5.91 Å². The van der Waals surface area contributed by atoms with Crippen LogP contribution in [0.1, 0.15) is 16.1 Å². The molecule has 0 atom stereocenters. The monoisotopic (exact) mass is 285 g/mol. The van der Waals surface area contributed by atoms with Crippen molar-refractivity contribution < 1.29 is 9.21 Å². The Bertz CT molecular complexity index is 489. The molecule has 5 heteroatoms. The summed E-state index contributed by atoms with van der Waals surface area (Å²) in [5.74, 6) is 0.0500. The van der Waals surface area contributed by atoms with Gasteiger partial charge in [-0.3, -0.25) is 4.79 Å². The smallest absolute Gasteiger partial charge is 0.292 e. The van der Waals surface area contributed by atoms with Crippen molar-refractivity contribution in [3.63, 3.8) is 0 Å². The van der Waals surface area contributed by atoms with Gasteiger partial charge in [0.25, 0.3) is 5.91 Å². The number of carbonyl (C=O) groups is 1. The molecule has 2 aromatic rings. The van der Waals surface area contributed by atoms with Gasteiger partial charge in [0, 0.05) is 5.38 Å². The first-order chi connectivity index (χ1) is 7.18. The molecule has 0 aliphatic carbocycles. The van der Waals surface area contributed by atoms with Crippen LogP contribution in [0.25, 0.3) is 0 Å². The third-order valence-electron chi connectivity index (χ3n) is 1.93. The van der Waals surface area contributed by atoms with Crippen molar-refractivity contribution in [2.24, 2.45) is 0 Å². The van der Waals surface area contributed by atoms with Crippen LogP contribution in [-0.2, 0) is 0 Å². The minimum absolute atomic E-state index is 0.242. The molecule has 2 aromatic heterocycles. The first kappa shape index (κ1) is 10.4. The number of aryl methyl sites for hydroxylation is 1. The van der Waals surface area contributed by atoms with Crippen molar-refractivity contribution in [2.45, 2.75) is 6.92 Å². The van der Waals surface area contributed by atoms with Crippen molar-refractivity contribution in [3.05, 3.63) is 38.9 Å². The Labute approximate surface area is 99.2 Å². The minimum atomic E-state index is -0.242. The standard InChI is InChI=1S/C10H8BrNO2S/c1-6-4-15-5-8(6)12-10(13)9-7(11)2-3-14-9/h2-5H,1H3,(H,12,13). The van der Waals surface area contributed by atoms with Crippen molar-refractivity contribution in [2.75, 3.05) is 5.32 Å². The first-order valence-electron chi connectivity index (χ1n) is 4.25. The van der Waals surface area contributed by atoms with Crippen LogP contribution in [0.15, 0.2) is 32.0 Å². The molecular formula is C10H8BrNO2S. The molecule has 0 radical (unpaired) electrons. The summed E-state index contributed by atoms with van der Waals surface area (Å²) in [7, 11) is 0. The molecule has 0 aliphatic rings. The van der Waals surface area contributed by atoms with Gasteiger partial charge in [-0.1, -0.05) is 0 Å². The van der Waals surface area contributed by atoms with Crippen LogP contribution in [0.5, 0.6) is 0 Å². The second-order valence-electron chi connectivity index (χ2n) is 3.02. The lowest BCUT2D eigenvalue weighted by Crippen LogP contribution is -2.11. The van der Waals surface area contributed by atoms with Crippen molar-refractivity contribution in [1.82, 2.24) is 0 Å². The molecule has 0 saturated heterocycles. The molecule has 1 amide bonds. The maximum absolute atomic E-state index is 11.7. The van der Waals surface area contributed by atoms with Gasteiger partial charge in [0.1, 0.15) is 0 Å². The molecule has 2 heterocycles. The molecule has 0 aromatic carbocycles. The quantitative estimate of drug-likeness (QED) is 0.915. The number of rotatable bonds is 2. The van der Waals surface area contributed by atoms with Crippen LogP contribution >= 0.6 is 27.3 Å². The number of carbonyl (C=O) groups excluding carboxylic acids is 1. The van der Waals surface area contributed by atoms with Gasteiger partial charge in [-0.25, -0.2) is 0 Å². The first-order valence-corrected chi connectivity index (χ1v) is 5.99. The maximum Gasteiger partial charge on any atom is 0.292 e. The van der Waals surface area contributed by atoms with Gasteiger partial charge in [-0.05, 0) is 39.9 Å². The van der Waals surface area contributed by atoms with E-state index in [1.165, 1.54) is 6.26 Å². The van der Waals surface area contributed by atoms with E-state index in [2.05, 4.69) is 21.2 Å². The van der Waals surface area contributed by atoms with Crippen LogP contribution in [0, 0.1) is 6.92 Å². The fraction of sp³-hybridized carbons (Fsp3) is 0.100. The Morgan fingerprint density at radius 3 is 2.87 bits per heavy atom. The molecule has 1 N–H and O–H groups in total. The number of hydrogen-bond acceptors (Lipinski definition) is 3. The summed E-state index contributed by atoms with van der Waals surface area (Å²) in [6.07, 6.45) is 1.47. The number of furan rings is 1. The molecule has 0 fully saturated rings.